The van der Waals surface area contributed by atoms with Crippen LogP contribution in [-0.4, -0.2) is 28.2 Å². The van der Waals surface area contributed by atoms with E-state index in [2.05, 4.69) is 0 Å². The maximum absolute atomic E-state index is 8.92. The van der Waals surface area contributed by atoms with Crippen molar-refractivity contribution in [1.29, 1.82) is 0 Å². The van der Waals surface area contributed by atoms with Gasteiger partial charge >= 0.3 is 23.1 Å². The number of rotatable bonds is 1. The fourth-order valence-electron chi connectivity index (χ4n) is 0.529. The zero-order chi connectivity index (χ0) is 5.98. The van der Waals surface area contributed by atoms with Gasteiger partial charge in [-0.25, -0.2) is 0 Å². The Hall–Kier alpha value is 0.426. The molecule has 0 saturated carbocycles. The second kappa shape index (κ2) is 4.27. The van der Waals surface area contributed by atoms with Crippen LogP contribution in [0.4, 0.5) is 0 Å². The Morgan fingerprint density at radius 3 is 2.56 bits per heavy atom. The predicted octanol–water partition coefficient (Wildman–Crippen LogP) is 0.885. The molecular formula is C6H10MgOS. The molecule has 0 fully saturated rings. The van der Waals surface area contributed by atoms with Crippen LogP contribution in [0.3, 0.4) is 0 Å². The van der Waals surface area contributed by atoms with Crippen molar-refractivity contribution < 1.29 is 5.11 Å². The first kappa shape index (κ1) is 9.43. The lowest BCUT2D eigenvalue weighted by Gasteiger charge is -1.95. The van der Waals surface area contributed by atoms with Gasteiger partial charge in [-0.3, -0.25) is 0 Å². The number of thiophene rings is 1. The fourth-order valence-corrected chi connectivity index (χ4v) is 1.20. The quantitative estimate of drug-likeness (QED) is 0.596. The Morgan fingerprint density at radius 2 is 2.33 bits per heavy atom. The summed E-state index contributed by atoms with van der Waals surface area (Å²) < 4.78 is 0. The van der Waals surface area contributed by atoms with E-state index >= 15 is 0 Å². The molecule has 0 aliphatic heterocycles. The van der Waals surface area contributed by atoms with Gasteiger partial charge in [0, 0.05) is 4.88 Å². The highest BCUT2D eigenvalue weighted by Crippen LogP contribution is 2.16. The minimum atomic E-state index is -0.296. The summed E-state index contributed by atoms with van der Waals surface area (Å²) in [6.45, 7) is 1.77. The summed E-state index contributed by atoms with van der Waals surface area (Å²) in [4.78, 5) is 1.03. The van der Waals surface area contributed by atoms with Crippen LogP contribution >= 0.6 is 11.3 Å². The average molecular weight is 155 g/mol. The largest absolute Gasteiger partial charge is 0.388 e. The standard InChI is InChI=1S/C6H8OS.Mg.2H/c1-5(7)6-3-2-4-8-6;;;/h2-5,7H,1H3;;;. The van der Waals surface area contributed by atoms with Gasteiger partial charge in [-0.05, 0) is 18.4 Å². The Kier molecular flexibility index (Phi) is 4.48. The topological polar surface area (TPSA) is 20.2 Å². The Labute approximate surface area is 74.9 Å². The molecule has 1 nitrogen and oxygen atoms in total. The van der Waals surface area contributed by atoms with Crippen molar-refractivity contribution in [3.8, 4) is 0 Å². The normalized spacial score (nSPS) is 12.2. The molecule has 1 rings (SSSR count). The first-order valence-electron chi connectivity index (χ1n) is 2.52. The third-order valence-electron chi connectivity index (χ3n) is 0.955. The van der Waals surface area contributed by atoms with Crippen molar-refractivity contribution in [3.05, 3.63) is 22.4 Å². The molecule has 0 aromatic carbocycles. The third kappa shape index (κ3) is 2.67. The molecule has 0 aliphatic rings. The van der Waals surface area contributed by atoms with E-state index in [-0.39, 0.29) is 29.2 Å². The summed E-state index contributed by atoms with van der Waals surface area (Å²) in [5.41, 5.74) is 0. The summed E-state index contributed by atoms with van der Waals surface area (Å²) in [5.74, 6) is 0. The smallest absolute Gasteiger partial charge is 0.316 e. The molecule has 1 heterocycles. The van der Waals surface area contributed by atoms with Crippen LogP contribution in [0, 0.1) is 0 Å². The minimum absolute atomic E-state index is 0. The maximum Gasteiger partial charge on any atom is 0.316 e. The third-order valence-corrected chi connectivity index (χ3v) is 2.00. The van der Waals surface area contributed by atoms with Gasteiger partial charge in [0.05, 0.1) is 6.10 Å². The van der Waals surface area contributed by atoms with E-state index in [0.29, 0.717) is 0 Å². The van der Waals surface area contributed by atoms with Crippen LogP contribution in [0.15, 0.2) is 17.5 Å². The second-order valence-corrected chi connectivity index (χ2v) is 2.67. The molecule has 9 heavy (non-hydrogen) atoms. The Morgan fingerprint density at radius 1 is 1.67 bits per heavy atom. The van der Waals surface area contributed by atoms with Crippen molar-refractivity contribution in [2.45, 2.75) is 13.0 Å². The predicted molar refractivity (Wildman–Crippen MR) is 43.5 cm³/mol. The van der Waals surface area contributed by atoms with Gasteiger partial charge in [-0.15, -0.1) is 11.3 Å². The van der Waals surface area contributed by atoms with Gasteiger partial charge < -0.3 is 5.11 Å². The van der Waals surface area contributed by atoms with Crippen LogP contribution in [-0.2, 0) is 0 Å². The zero-order valence-corrected chi connectivity index (χ0v) is 5.48. The summed E-state index contributed by atoms with van der Waals surface area (Å²) >= 11 is 1.58. The number of hydrogen-bond acceptors (Lipinski definition) is 2. The van der Waals surface area contributed by atoms with Gasteiger partial charge in [0.25, 0.3) is 0 Å². The molecule has 3 heteroatoms. The van der Waals surface area contributed by atoms with Gasteiger partial charge in [0.1, 0.15) is 0 Å². The van der Waals surface area contributed by atoms with Crippen LogP contribution in [0.2, 0.25) is 0 Å². The Balaban J connectivity index is 0.000000640. The summed E-state index contributed by atoms with van der Waals surface area (Å²) in [5, 5.41) is 10.9. The van der Waals surface area contributed by atoms with Crippen LogP contribution in [0.1, 0.15) is 17.9 Å². The fraction of sp³-hybridized carbons (Fsp3) is 0.333. The molecule has 0 amide bonds. The molecule has 0 aliphatic carbocycles. The van der Waals surface area contributed by atoms with E-state index in [9.17, 15) is 0 Å². The van der Waals surface area contributed by atoms with Crippen molar-refractivity contribution in [2.75, 3.05) is 0 Å². The molecule has 1 aromatic heterocycles. The molecule has 1 atom stereocenters. The van der Waals surface area contributed by atoms with Gasteiger partial charge in [-0.1, -0.05) is 6.07 Å². The first-order chi connectivity index (χ1) is 3.80. The zero-order valence-electron chi connectivity index (χ0n) is 4.66. The van der Waals surface area contributed by atoms with E-state index in [0.717, 1.165) is 4.88 Å². The molecular weight excluding hydrogens is 144 g/mol. The maximum atomic E-state index is 8.92. The number of hydrogen-bond donors (Lipinski definition) is 1. The van der Waals surface area contributed by atoms with Crippen molar-refractivity contribution in [3.63, 3.8) is 0 Å². The van der Waals surface area contributed by atoms with Crippen LogP contribution in [0.25, 0.3) is 0 Å². The molecule has 1 unspecified atom stereocenters. The van der Waals surface area contributed by atoms with Crippen LogP contribution in [0.5, 0.6) is 0 Å². The molecule has 0 radical (unpaired) electrons. The molecule has 1 N–H and O–H groups in total. The van der Waals surface area contributed by atoms with E-state index in [4.69, 9.17) is 5.11 Å². The van der Waals surface area contributed by atoms with Gasteiger partial charge in [0.2, 0.25) is 0 Å². The lowest BCUT2D eigenvalue weighted by Crippen LogP contribution is -1.82. The van der Waals surface area contributed by atoms with Crippen molar-refractivity contribution in [1.82, 2.24) is 0 Å². The van der Waals surface area contributed by atoms with E-state index in [1.807, 2.05) is 17.5 Å². The van der Waals surface area contributed by atoms with E-state index in [1.165, 1.54) is 0 Å². The summed E-state index contributed by atoms with van der Waals surface area (Å²) in [6.07, 6.45) is -0.296. The highest BCUT2D eigenvalue weighted by Gasteiger charge is 1.97. The lowest BCUT2D eigenvalue weighted by atomic mass is 10.3. The molecule has 48 valence electrons. The number of aliphatic hydroxyl groups is 1. The SMILES string of the molecule is CC(O)c1cccs1.[MgH2]. The number of aliphatic hydroxyl groups excluding tert-OH is 1. The summed E-state index contributed by atoms with van der Waals surface area (Å²) in [6, 6.07) is 3.86. The van der Waals surface area contributed by atoms with E-state index in [1.54, 1.807) is 18.3 Å². The average Bonchev–Trinajstić information content (AvgIpc) is 2.12. The monoisotopic (exact) mass is 154 g/mol. The molecule has 0 bridgehead atoms. The van der Waals surface area contributed by atoms with Crippen molar-refractivity contribution in [2.24, 2.45) is 0 Å². The first-order valence-corrected chi connectivity index (χ1v) is 3.40. The highest BCUT2D eigenvalue weighted by molar-refractivity contribution is 7.10. The molecule has 0 saturated heterocycles. The molecule has 1 aromatic rings. The second-order valence-electron chi connectivity index (χ2n) is 1.69. The van der Waals surface area contributed by atoms with E-state index < -0.39 is 0 Å². The van der Waals surface area contributed by atoms with Gasteiger partial charge in [0.15, 0.2) is 0 Å². The van der Waals surface area contributed by atoms with Gasteiger partial charge in [-0.2, -0.15) is 0 Å². The lowest BCUT2D eigenvalue weighted by molar-refractivity contribution is 0.203. The Bertz CT molecular complexity index is 148. The molecule has 0 spiro atoms. The van der Waals surface area contributed by atoms with Crippen LogP contribution < -0.4 is 0 Å². The van der Waals surface area contributed by atoms with Crippen molar-refractivity contribution >= 4 is 34.4 Å². The highest BCUT2D eigenvalue weighted by atomic mass is 32.1. The minimum Gasteiger partial charge on any atom is -0.388 e. The summed E-state index contributed by atoms with van der Waals surface area (Å²) in [7, 11) is 0.